The van der Waals surface area contributed by atoms with E-state index in [1.54, 1.807) is 0 Å². The fourth-order valence-corrected chi connectivity index (χ4v) is 0.818. The molecular weight excluding hydrogens is 202 g/mol. The van der Waals surface area contributed by atoms with Crippen LogP contribution in [0.5, 0.6) is 0 Å². The minimum Gasteiger partial charge on any atom is -0.382 e. The van der Waals surface area contributed by atoms with E-state index in [2.05, 4.69) is 9.78 Å². The molecule has 0 aliphatic carbocycles. The van der Waals surface area contributed by atoms with E-state index in [-0.39, 0.29) is 5.92 Å². The van der Waals surface area contributed by atoms with Crippen molar-refractivity contribution >= 4 is 11.9 Å². The Kier molecular flexibility index (Phi) is 5.88. The molecule has 2 unspecified atom stereocenters. The van der Waals surface area contributed by atoms with Gasteiger partial charge in [0, 0.05) is 0 Å². The Morgan fingerprint density at radius 1 is 1.20 bits per heavy atom. The Balaban J connectivity index is 3.88. The molecule has 0 aliphatic rings. The molecule has 0 rings (SSSR count). The number of aliphatic hydroxyl groups is 1. The summed E-state index contributed by atoms with van der Waals surface area (Å²) in [6, 6.07) is -0.827. The largest absolute Gasteiger partial charge is 0.383 e. The third-order valence-electron chi connectivity index (χ3n) is 1.58. The fraction of sp³-hybridized carbons (Fsp3) is 0.778. The third-order valence-corrected chi connectivity index (χ3v) is 1.58. The zero-order valence-corrected chi connectivity index (χ0v) is 9.10. The van der Waals surface area contributed by atoms with Gasteiger partial charge in [0.25, 0.3) is 0 Å². The first kappa shape index (κ1) is 13.9. The summed E-state index contributed by atoms with van der Waals surface area (Å²) in [5.74, 6) is -1.61. The van der Waals surface area contributed by atoms with Crippen LogP contribution in [0, 0.1) is 5.92 Å². The van der Waals surface area contributed by atoms with E-state index in [0.29, 0.717) is 6.42 Å². The van der Waals surface area contributed by atoms with Crippen molar-refractivity contribution in [3.05, 3.63) is 0 Å². The maximum absolute atomic E-state index is 11.1. The zero-order chi connectivity index (χ0) is 12.0. The standard InChI is InChI=1S/C9H17NO5/c1-5(2)4-7(10)9(13)15-14-8(12)6(3)11/h5-7,11H,4,10H2,1-3H3. The molecule has 0 spiro atoms. The molecule has 0 aromatic rings. The summed E-state index contributed by atoms with van der Waals surface area (Å²) in [5.41, 5.74) is 5.45. The number of carbonyl (C=O) groups is 2. The quantitative estimate of drug-likeness (QED) is 0.499. The van der Waals surface area contributed by atoms with E-state index in [9.17, 15) is 9.59 Å². The van der Waals surface area contributed by atoms with Gasteiger partial charge in [-0.25, -0.2) is 19.4 Å². The van der Waals surface area contributed by atoms with Gasteiger partial charge in [-0.1, -0.05) is 13.8 Å². The Bertz CT molecular complexity index is 227. The van der Waals surface area contributed by atoms with Crippen molar-refractivity contribution in [3.63, 3.8) is 0 Å². The second-order valence-corrected chi connectivity index (χ2v) is 3.72. The lowest BCUT2D eigenvalue weighted by atomic mass is 10.1. The molecule has 0 heterocycles. The number of hydrogen-bond acceptors (Lipinski definition) is 6. The van der Waals surface area contributed by atoms with Crippen LogP contribution in [0.3, 0.4) is 0 Å². The molecule has 2 atom stereocenters. The van der Waals surface area contributed by atoms with Crippen LogP contribution in [0.1, 0.15) is 27.2 Å². The van der Waals surface area contributed by atoms with Gasteiger partial charge in [0.05, 0.1) is 0 Å². The van der Waals surface area contributed by atoms with Gasteiger partial charge in [0.15, 0.2) is 6.10 Å². The van der Waals surface area contributed by atoms with E-state index in [1.807, 2.05) is 13.8 Å². The van der Waals surface area contributed by atoms with Crippen LogP contribution < -0.4 is 5.73 Å². The Morgan fingerprint density at radius 2 is 1.67 bits per heavy atom. The van der Waals surface area contributed by atoms with Crippen molar-refractivity contribution in [3.8, 4) is 0 Å². The highest BCUT2D eigenvalue weighted by molar-refractivity contribution is 5.78. The second kappa shape index (κ2) is 6.36. The van der Waals surface area contributed by atoms with Crippen molar-refractivity contribution in [1.29, 1.82) is 0 Å². The molecule has 0 bridgehead atoms. The van der Waals surface area contributed by atoms with Crippen LogP contribution in [0.25, 0.3) is 0 Å². The molecule has 0 aliphatic heterocycles. The molecule has 0 radical (unpaired) electrons. The van der Waals surface area contributed by atoms with Gasteiger partial charge in [0.2, 0.25) is 0 Å². The summed E-state index contributed by atoms with van der Waals surface area (Å²) in [6.07, 6.45) is -0.899. The van der Waals surface area contributed by atoms with Gasteiger partial charge < -0.3 is 10.8 Å². The summed E-state index contributed by atoms with van der Waals surface area (Å²) >= 11 is 0. The van der Waals surface area contributed by atoms with Crippen molar-refractivity contribution in [2.75, 3.05) is 0 Å². The highest BCUT2D eigenvalue weighted by Crippen LogP contribution is 2.04. The van der Waals surface area contributed by atoms with E-state index >= 15 is 0 Å². The molecule has 0 saturated heterocycles. The van der Waals surface area contributed by atoms with Crippen LogP contribution in [0.15, 0.2) is 0 Å². The van der Waals surface area contributed by atoms with Gasteiger partial charge in [-0.3, -0.25) is 0 Å². The first-order valence-corrected chi connectivity index (χ1v) is 4.70. The monoisotopic (exact) mass is 219 g/mol. The molecule has 6 heteroatoms. The molecule has 0 aromatic heterocycles. The van der Waals surface area contributed by atoms with E-state index in [4.69, 9.17) is 10.8 Å². The summed E-state index contributed by atoms with van der Waals surface area (Å²) in [7, 11) is 0. The molecule has 0 saturated carbocycles. The molecule has 15 heavy (non-hydrogen) atoms. The van der Waals surface area contributed by atoms with Crippen LogP contribution in [-0.4, -0.2) is 29.2 Å². The van der Waals surface area contributed by atoms with Crippen LogP contribution in [-0.2, 0) is 19.4 Å². The Hall–Kier alpha value is -1.14. The smallest absolute Gasteiger partial charge is 0.382 e. The first-order valence-electron chi connectivity index (χ1n) is 4.70. The molecule has 0 amide bonds. The molecule has 0 fully saturated rings. The Labute approximate surface area is 88.3 Å². The van der Waals surface area contributed by atoms with E-state index in [0.717, 1.165) is 0 Å². The average Bonchev–Trinajstić information content (AvgIpc) is 2.12. The normalized spacial score (nSPS) is 14.5. The average molecular weight is 219 g/mol. The first-order chi connectivity index (χ1) is 6.84. The predicted octanol–water partition coefficient (Wildman–Crippen LogP) is -0.258. The molecular formula is C9H17NO5. The lowest BCUT2D eigenvalue weighted by molar-refractivity contribution is -0.265. The van der Waals surface area contributed by atoms with Crippen molar-refractivity contribution in [1.82, 2.24) is 0 Å². The molecule has 88 valence electrons. The Morgan fingerprint density at radius 3 is 2.07 bits per heavy atom. The SMILES string of the molecule is CC(C)CC(N)C(=O)OOC(=O)C(C)O. The zero-order valence-electron chi connectivity index (χ0n) is 9.10. The van der Waals surface area contributed by atoms with Crippen LogP contribution in [0.4, 0.5) is 0 Å². The second-order valence-electron chi connectivity index (χ2n) is 3.72. The van der Waals surface area contributed by atoms with Crippen LogP contribution in [0.2, 0.25) is 0 Å². The third kappa shape index (κ3) is 6.03. The maximum Gasteiger partial charge on any atom is 0.383 e. The molecule has 3 N–H and O–H groups in total. The highest BCUT2D eigenvalue weighted by Gasteiger charge is 2.20. The lowest BCUT2D eigenvalue weighted by Gasteiger charge is -2.11. The minimum atomic E-state index is -1.33. The lowest BCUT2D eigenvalue weighted by Crippen LogP contribution is -2.35. The maximum atomic E-state index is 11.1. The number of aliphatic hydroxyl groups excluding tert-OH is 1. The minimum absolute atomic E-state index is 0.236. The van der Waals surface area contributed by atoms with Crippen molar-refractivity contribution in [2.24, 2.45) is 11.7 Å². The van der Waals surface area contributed by atoms with Gasteiger partial charge in [-0.2, -0.15) is 0 Å². The van der Waals surface area contributed by atoms with E-state index < -0.39 is 24.1 Å². The van der Waals surface area contributed by atoms with Gasteiger partial charge >= 0.3 is 11.9 Å². The highest BCUT2D eigenvalue weighted by atomic mass is 17.2. The number of carbonyl (C=O) groups excluding carboxylic acids is 2. The van der Waals surface area contributed by atoms with Crippen molar-refractivity contribution in [2.45, 2.75) is 39.3 Å². The van der Waals surface area contributed by atoms with Gasteiger partial charge in [-0.05, 0) is 19.3 Å². The summed E-state index contributed by atoms with van der Waals surface area (Å²) in [6.45, 7) is 4.99. The van der Waals surface area contributed by atoms with Crippen molar-refractivity contribution < 1.29 is 24.5 Å². The van der Waals surface area contributed by atoms with Crippen LogP contribution >= 0.6 is 0 Å². The number of rotatable bonds is 4. The summed E-state index contributed by atoms with van der Waals surface area (Å²) in [4.78, 5) is 30.0. The number of hydrogen-bond donors (Lipinski definition) is 2. The topological polar surface area (TPSA) is 98.9 Å². The van der Waals surface area contributed by atoms with E-state index in [1.165, 1.54) is 6.92 Å². The molecule has 6 nitrogen and oxygen atoms in total. The molecule has 0 aromatic carbocycles. The predicted molar refractivity (Wildman–Crippen MR) is 51.3 cm³/mol. The van der Waals surface area contributed by atoms with Gasteiger partial charge in [-0.15, -0.1) is 0 Å². The summed E-state index contributed by atoms with van der Waals surface area (Å²) < 4.78 is 0. The summed E-state index contributed by atoms with van der Waals surface area (Å²) in [5, 5.41) is 8.72. The fourth-order valence-electron chi connectivity index (χ4n) is 0.818. The number of nitrogens with two attached hydrogens (primary N) is 1. The van der Waals surface area contributed by atoms with Gasteiger partial charge in [0.1, 0.15) is 6.04 Å².